The van der Waals surface area contributed by atoms with Crippen LogP contribution in [0.2, 0.25) is 0 Å². The summed E-state index contributed by atoms with van der Waals surface area (Å²) in [4.78, 5) is 29.0. The van der Waals surface area contributed by atoms with Crippen LogP contribution in [0.1, 0.15) is 68.8 Å². The minimum absolute atomic E-state index is 0.167. The molecule has 2 N–H and O–H groups in total. The number of nitrogens with zero attached hydrogens (tertiary/aromatic N) is 3. The third kappa shape index (κ3) is 7.35. The number of ether oxygens (including phenoxy) is 2. The number of hydrogen-bond donors (Lipinski definition) is 2. The molecule has 2 fully saturated rings. The number of urea groups is 1. The molecule has 0 aliphatic carbocycles. The first-order valence-electron chi connectivity index (χ1n) is 16.9. The smallest absolute Gasteiger partial charge is 0.324 e. The van der Waals surface area contributed by atoms with Crippen molar-refractivity contribution in [3.05, 3.63) is 95.2 Å². The summed E-state index contributed by atoms with van der Waals surface area (Å²) in [6, 6.07) is 24.0. The van der Waals surface area contributed by atoms with Crippen LogP contribution < -0.4 is 20.1 Å². The molecule has 2 unspecified atom stereocenters. The highest BCUT2D eigenvalue weighted by molar-refractivity contribution is 5.99. The van der Waals surface area contributed by atoms with E-state index in [2.05, 4.69) is 48.4 Å². The minimum atomic E-state index is -0.320. The zero-order valence-corrected chi connectivity index (χ0v) is 28.9. The standard InChI is InChI=1S/C39H47N5O4/c1-25-10-13-30(14-11-25)44-36(24-35(42-44)39(2,3)4)41-38(46)40-29-9-7-8-26(19-29)18-27-20-31-15-16-32(21-27)43(31)37(45)22-28-12-17-33(47-5)23-34(28)48-6/h7-14,17,19,23-24,27,31-32H,15-16,18,20-22H2,1-6H3,(H2,40,41,46). The fourth-order valence-corrected chi connectivity index (χ4v) is 7.22. The van der Waals surface area contributed by atoms with Crippen LogP contribution in [-0.2, 0) is 23.1 Å². The average Bonchev–Trinajstić information content (AvgIpc) is 3.60. The van der Waals surface area contributed by atoms with Crippen molar-refractivity contribution < 1.29 is 19.1 Å². The molecule has 0 saturated carbocycles. The Bertz CT molecular complexity index is 1760. The fourth-order valence-electron chi connectivity index (χ4n) is 7.22. The van der Waals surface area contributed by atoms with E-state index in [1.165, 1.54) is 5.56 Å². The molecule has 48 heavy (non-hydrogen) atoms. The number of amides is 3. The Labute approximate surface area is 283 Å². The maximum Gasteiger partial charge on any atom is 0.324 e. The molecule has 2 saturated heterocycles. The van der Waals surface area contributed by atoms with Crippen molar-refractivity contribution in [3.8, 4) is 17.2 Å². The summed E-state index contributed by atoms with van der Waals surface area (Å²) >= 11 is 0. The van der Waals surface area contributed by atoms with Gasteiger partial charge in [-0.25, -0.2) is 9.48 Å². The summed E-state index contributed by atoms with van der Waals surface area (Å²) in [5, 5.41) is 10.9. The van der Waals surface area contributed by atoms with Crippen molar-refractivity contribution in [1.82, 2.24) is 14.7 Å². The molecule has 1 aromatic heterocycles. The number of piperidine rings is 1. The third-order valence-electron chi connectivity index (χ3n) is 9.66. The summed E-state index contributed by atoms with van der Waals surface area (Å²) in [6.07, 6.45) is 5.30. The van der Waals surface area contributed by atoms with E-state index >= 15 is 0 Å². The average molecular weight is 650 g/mol. The van der Waals surface area contributed by atoms with E-state index in [1.54, 1.807) is 18.9 Å². The molecule has 3 heterocycles. The van der Waals surface area contributed by atoms with E-state index in [0.29, 0.717) is 29.7 Å². The van der Waals surface area contributed by atoms with Gasteiger partial charge in [0.05, 0.1) is 32.0 Å². The molecule has 9 nitrogen and oxygen atoms in total. The number of aromatic nitrogens is 2. The molecular formula is C39H47N5O4. The predicted molar refractivity (Wildman–Crippen MR) is 189 cm³/mol. The zero-order valence-electron chi connectivity index (χ0n) is 28.9. The number of anilines is 2. The topological polar surface area (TPSA) is 97.7 Å². The Hall–Kier alpha value is -4.79. The fraction of sp³-hybridized carbons (Fsp3) is 0.410. The molecule has 9 heteroatoms. The number of benzene rings is 3. The number of nitrogens with one attached hydrogen (secondary N) is 2. The van der Waals surface area contributed by atoms with Crippen LogP contribution in [0.5, 0.6) is 11.5 Å². The molecule has 2 atom stereocenters. The summed E-state index contributed by atoms with van der Waals surface area (Å²) in [7, 11) is 3.25. The van der Waals surface area contributed by atoms with E-state index in [-0.39, 0.29) is 29.4 Å². The van der Waals surface area contributed by atoms with Gasteiger partial charge >= 0.3 is 6.03 Å². The summed E-state index contributed by atoms with van der Waals surface area (Å²) in [5.74, 6) is 2.65. The summed E-state index contributed by atoms with van der Waals surface area (Å²) in [5.41, 5.74) is 5.56. The quantitative estimate of drug-likeness (QED) is 0.194. The first-order valence-corrected chi connectivity index (χ1v) is 16.9. The van der Waals surface area contributed by atoms with Crippen LogP contribution in [0.4, 0.5) is 16.3 Å². The SMILES string of the molecule is COc1ccc(CC(=O)N2C3CCC2CC(Cc2cccc(NC(=O)Nc4cc(C(C)(C)C)nn4-c4ccc(C)cc4)c2)C3)c(OC)c1. The molecule has 2 bridgehead atoms. The molecule has 3 amide bonds. The monoisotopic (exact) mass is 649 g/mol. The van der Waals surface area contributed by atoms with Crippen LogP contribution in [0.25, 0.3) is 5.69 Å². The van der Waals surface area contributed by atoms with Gasteiger partial charge in [-0.15, -0.1) is 0 Å². The maximum absolute atomic E-state index is 13.5. The van der Waals surface area contributed by atoms with Crippen LogP contribution in [0.15, 0.2) is 72.8 Å². The molecular weight excluding hydrogens is 602 g/mol. The van der Waals surface area contributed by atoms with Crippen molar-refractivity contribution in [3.63, 3.8) is 0 Å². The van der Waals surface area contributed by atoms with Crippen molar-refractivity contribution in [2.24, 2.45) is 5.92 Å². The number of rotatable bonds is 9. The first kappa shape index (κ1) is 33.1. The van der Waals surface area contributed by atoms with Gasteiger partial charge in [-0.2, -0.15) is 5.10 Å². The molecule has 252 valence electrons. The second kappa shape index (κ2) is 13.7. The predicted octanol–water partition coefficient (Wildman–Crippen LogP) is 7.69. The highest BCUT2D eigenvalue weighted by atomic mass is 16.5. The number of carbonyl (C=O) groups excluding carboxylic acids is 2. The first-order chi connectivity index (χ1) is 23.0. The van der Waals surface area contributed by atoms with E-state index in [9.17, 15) is 9.59 Å². The number of carbonyl (C=O) groups is 2. The number of aryl methyl sites for hydroxylation is 1. The molecule has 0 spiro atoms. The lowest BCUT2D eigenvalue weighted by Gasteiger charge is -2.39. The minimum Gasteiger partial charge on any atom is -0.497 e. The normalized spacial score (nSPS) is 18.8. The van der Waals surface area contributed by atoms with Gasteiger partial charge in [0.2, 0.25) is 5.91 Å². The van der Waals surface area contributed by atoms with Crippen molar-refractivity contribution >= 4 is 23.4 Å². The Morgan fingerprint density at radius 1 is 0.896 bits per heavy atom. The lowest BCUT2D eigenvalue weighted by molar-refractivity contribution is -0.135. The molecule has 0 radical (unpaired) electrons. The van der Waals surface area contributed by atoms with Crippen LogP contribution in [0.3, 0.4) is 0 Å². The van der Waals surface area contributed by atoms with Gasteiger partial charge in [0, 0.05) is 40.9 Å². The van der Waals surface area contributed by atoms with Gasteiger partial charge in [0.1, 0.15) is 17.3 Å². The molecule has 6 rings (SSSR count). The maximum atomic E-state index is 13.5. The van der Waals surface area contributed by atoms with Crippen LogP contribution in [0, 0.1) is 12.8 Å². The van der Waals surface area contributed by atoms with E-state index in [0.717, 1.165) is 60.3 Å². The van der Waals surface area contributed by atoms with Gasteiger partial charge in [-0.3, -0.25) is 10.1 Å². The summed E-state index contributed by atoms with van der Waals surface area (Å²) in [6.45, 7) is 8.37. The third-order valence-corrected chi connectivity index (χ3v) is 9.66. The highest BCUT2D eigenvalue weighted by Crippen LogP contribution is 2.41. The number of fused-ring (bicyclic) bond motifs is 2. The Balaban J connectivity index is 1.08. The van der Waals surface area contributed by atoms with Crippen molar-refractivity contribution in [1.29, 1.82) is 0 Å². The Morgan fingerprint density at radius 3 is 2.29 bits per heavy atom. The van der Waals surface area contributed by atoms with E-state index in [1.807, 2.05) is 67.6 Å². The lowest BCUT2D eigenvalue weighted by Crippen LogP contribution is -2.47. The zero-order chi connectivity index (χ0) is 34.0. The van der Waals surface area contributed by atoms with E-state index in [4.69, 9.17) is 14.6 Å². The van der Waals surface area contributed by atoms with Gasteiger partial charge < -0.3 is 19.7 Å². The van der Waals surface area contributed by atoms with Gasteiger partial charge in [-0.05, 0) is 80.8 Å². The van der Waals surface area contributed by atoms with Crippen LogP contribution in [-0.4, -0.2) is 52.9 Å². The summed E-state index contributed by atoms with van der Waals surface area (Å²) < 4.78 is 12.7. The Kier molecular flexibility index (Phi) is 9.49. The van der Waals surface area contributed by atoms with Crippen molar-refractivity contribution in [2.45, 2.75) is 83.7 Å². The second-order valence-electron chi connectivity index (χ2n) is 14.3. The molecule has 2 aliphatic heterocycles. The largest absolute Gasteiger partial charge is 0.497 e. The van der Waals surface area contributed by atoms with Gasteiger partial charge in [-0.1, -0.05) is 56.7 Å². The van der Waals surface area contributed by atoms with Gasteiger partial charge in [0.15, 0.2) is 0 Å². The Morgan fingerprint density at radius 2 is 1.62 bits per heavy atom. The highest BCUT2D eigenvalue weighted by Gasteiger charge is 2.43. The molecule has 2 aliphatic rings. The molecule has 4 aromatic rings. The van der Waals surface area contributed by atoms with Crippen LogP contribution >= 0.6 is 0 Å². The van der Waals surface area contributed by atoms with Gasteiger partial charge in [0.25, 0.3) is 0 Å². The second-order valence-corrected chi connectivity index (χ2v) is 14.3. The van der Waals surface area contributed by atoms with E-state index < -0.39 is 0 Å². The van der Waals surface area contributed by atoms with Crippen molar-refractivity contribution in [2.75, 3.05) is 24.9 Å². The molecule has 3 aromatic carbocycles. The number of hydrogen-bond acceptors (Lipinski definition) is 5. The lowest BCUT2D eigenvalue weighted by atomic mass is 9.85. The number of methoxy groups -OCH3 is 2.